The predicted molar refractivity (Wildman–Crippen MR) is 67.2 cm³/mol. The third kappa shape index (κ3) is 4.14. The lowest BCUT2D eigenvalue weighted by atomic mass is 10.1. The molecule has 1 heterocycles. The highest BCUT2D eigenvalue weighted by Gasteiger charge is 2.32. The Morgan fingerprint density at radius 2 is 1.86 bits per heavy atom. The van der Waals surface area contributed by atoms with Gasteiger partial charge in [0.25, 0.3) is 0 Å². The summed E-state index contributed by atoms with van der Waals surface area (Å²) in [4.78, 5) is 11.8. The summed E-state index contributed by atoms with van der Waals surface area (Å²) < 4.78 is 51.0. The number of aryl methyl sites for hydroxylation is 1. The molecular formula is C14H12F4N2O. The van der Waals surface area contributed by atoms with E-state index in [9.17, 15) is 22.4 Å². The van der Waals surface area contributed by atoms with Crippen molar-refractivity contribution in [3.05, 3.63) is 53.6 Å². The number of carbonyl (C=O) groups excluding carboxylic acids is 1. The van der Waals surface area contributed by atoms with Gasteiger partial charge >= 0.3 is 6.18 Å². The second-order valence-corrected chi connectivity index (χ2v) is 4.52. The Labute approximate surface area is 118 Å². The van der Waals surface area contributed by atoms with Crippen molar-refractivity contribution in [1.29, 1.82) is 0 Å². The summed E-state index contributed by atoms with van der Waals surface area (Å²) in [6.45, 7) is 0.211. The summed E-state index contributed by atoms with van der Waals surface area (Å²) in [7, 11) is 0. The zero-order valence-corrected chi connectivity index (χ0v) is 10.9. The van der Waals surface area contributed by atoms with Crippen molar-refractivity contribution < 1.29 is 22.4 Å². The van der Waals surface area contributed by atoms with Crippen molar-refractivity contribution in [1.82, 2.24) is 9.78 Å². The molecule has 0 N–H and O–H groups in total. The number of alkyl halides is 3. The fraction of sp³-hybridized carbons (Fsp3) is 0.286. The molecular weight excluding hydrogens is 288 g/mol. The summed E-state index contributed by atoms with van der Waals surface area (Å²) in [5, 5.41) is 3.60. The minimum atomic E-state index is -4.41. The van der Waals surface area contributed by atoms with E-state index in [2.05, 4.69) is 5.10 Å². The molecule has 0 radical (unpaired) electrons. The molecule has 0 bridgehead atoms. The quantitative estimate of drug-likeness (QED) is 0.623. The summed E-state index contributed by atoms with van der Waals surface area (Å²) in [5.74, 6) is -0.610. The smallest absolute Gasteiger partial charge is 0.294 e. The van der Waals surface area contributed by atoms with Crippen LogP contribution in [-0.4, -0.2) is 15.6 Å². The van der Waals surface area contributed by atoms with E-state index < -0.39 is 17.6 Å². The Kier molecular flexibility index (Phi) is 4.40. The maximum absolute atomic E-state index is 12.7. The lowest BCUT2D eigenvalue weighted by molar-refractivity contribution is -0.137. The van der Waals surface area contributed by atoms with Crippen LogP contribution >= 0.6 is 0 Å². The molecule has 1 aromatic carbocycles. The number of nitrogens with zero attached hydrogens (tertiary/aromatic N) is 2. The van der Waals surface area contributed by atoms with Gasteiger partial charge < -0.3 is 0 Å². The molecule has 0 amide bonds. The second kappa shape index (κ2) is 6.07. The lowest BCUT2D eigenvalue weighted by Crippen LogP contribution is -2.05. The van der Waals surface area contributed by atoms with Gasteiger partial charge in [0.15, 0.2) is 5.78 Å². The van der Waals surface area contributed by atoms with Crippen molar-refractivity contribution in [3.8, 4) is 0 Å². The molecule has 0 aliphatic rings. The number of hydrogen-bond acceptors (Lipinski definition) is 2. The van der Waals surface area contributed by atoms with Crippen LogP contribution in [0.25, 0.3) is 0 Å². The fourth-order valence-electron chi connectivity index (χ4n) is 1.81. The van der Waals surface area contributed by atoms with E-state index in [1.54, 1.807) is 0 Å². The van der Waals surface area contributed by atoms with Gasteiger partial charge in [-0.25, -0.2) is 4.39 Å². The van der Waals surface area contributed by atoms with Crippen LogP contribution in [0.3, 0.4) is 0 Å². The zero-order chi connectivity index (χ0) is 15.5. The molecule has 0 saturated carbocycles. The Morgan fingerprint density at radius 3 is 2.43 bits per heavy atom. The summed E-state index contributed by atoms with van der Waals surface area (Å²) in [5.41, 5.74) is -0.430. The van der Waals surface area contributed by atoms with E-state index in [-0.39, 0.29) is 18.7 Å². The molecule has 2 rings (SSSR count). The molecule has 1 aromatic heterocycles. The van der Waals surface area contributed by atoms with Crippen molar-refractivity contribution >= 4 is 5.78 Å². The highest BCUT2D eigenvalue weighted by molar-refractivity contribution is 5.95. The molecule has 0 saturated heterocycles. The lowest BCUT2D eigenvalue weighted by Gasteiger charge is -2.03. The zero-order valence-electron chi connectivity index (χ0n) is 10.9. The molecule has 0 atom stereocenters. The fourth-order valence-corrected chi connectivity index (χ4v) is 1.81. The molecule has 0 unspecified atom stereocenters. The summed E-state index contributed by atoms with van der Waals surface area (Å²) in [6.07, 6.45) is -2.24. The minimum Gasteiger partial charge on any atom is -0.294 e. The minimum absolute atomic E-state index is 0.160. The highest BCUT2D eigenvalue weighted by Crippen LogP contribution is 2.28. The number of carbonyl (C=O) groups is 1. The van der Waals surface area contributed by atoms with E-state index in [0.717, 1.165) is 17.1 Å². The monoisotopic (exact) mass is 300 g/mol. The number of halogens is 4. The maximum Gasteiger partial charge on any atom is 0.419 e. The first-order chi connectivity index (χ1) is 9.86. The Morgan fingerprint density at radius 1 is 1.19 bits per heavy atom. The number of Topliss-reactive ketones (excluding diaryl/α,β-unsaturated/α-hetero) is 1. The normalized spacial score (nSPS) is 11.6. The average Bonchev–Trinajstić information content (AvgIpc) is 2.88. The van der Waals surface area contributed by atoms with Crippen LogP contribution in [-0.2, 0) is 12.7 Å². The van der Waals surface area contributed by atoms with Gasteiger partial charge in [0, 0.05) is 24.7 Å². The van der Waals surface area contributed by atoms with Gasteiger partial charge in [-0.05, 0) is 30.7 Å². The largest absolute Gasteiger partial charge is 0.419 e. The highest BCUT2D eigenvalue weighted by atomic mass is 19.4. The van der Waals surface area contributed by atoms with Gasteiger partial charge in [-0.15, -0.1) is 0 Å². The van der Waals surface area contributed by atoms with Crippen LogP contribution in [0, 0.1) is 5.82 Å². The van der Waals surface area contributed by atoms with Gasteiger partial charge in [-0.3, -0.25) is 9.48 Å². The molecule has 112 valence electrons. The number of benzene rings is 1. The molecule has 0 aliphatic carbocycles. The SMILES string of the molecule is O=C(CCCn1cc(C(F)(F)F)cn1)c1ccc(F)cc1. The van der Waals surface area contributed by atoms with E-state index in [4.69, 9.17) is 0 Å². The van der Waals surface area contributed by atoms with Gasteiger partial charge in [0.1, 0.15) is 5.82 Å². The Bertz CT molecular complexity index is 617. The summed E-state index contributed by atoms with van der Waals surface area (Å²) >= 11 is 0. The van der Waals surface area contributed by atoms with E-state index in [1.165, 1.54) is 24.3 Å². The van der Waals surface area contributed by atoms with Crippen LogP contribution in [0.1, 0.15) is 28.8 Å². The number of hydrogen-bond donors (Lipinski definition) is 0. The van der Waals surface area contributed by atoms with Crippen LogP contribution < -0.4 is 0 Å². The third-order valence-electron chi connectivity index (χ3n) is 2.92. The topological polar surface area (TPSA) is 34.9 Å². The van der Waals surface area contributed by atoms with Crippen molar-refractivity contribution in [2.75, 3.05) is 0 Å². The number of ketones is 1. The Balaban J connectivity index is 1.85. The third-order valence-corrected chi connectivity index (χ3v) is 2.92. The maximum atomic E-state index is 12.7. The van der Waals surface area contributed by atoms with Crippen molar-refractivity contribution in [3.63, 3.8) is 0 Å². The van der Waals surface area contributed by atoms with E-state index in [0.29, 0.717) is 12.0 Å². The molecule has 0 fully saturated rings. The van der Waals surface area contributed by atoms with Crippen molar-refractivity contribution in [2.45, 2.75) is 25.6 Å². The van der Waals surface area contributed by atoms with Crippen LogP contribution in [0.15, 0.2) is 36.7 Å². The first-order valence-electron chi connectivity index (χ1n) is 6.24. The van der Waals surface area contributed by atoms with Crippen molar-refractivity contribution in [2.24, 2.45) is 0 Å². The first-order valence-corrected chi connectivity index (χ1v) is 6.24. The standard InChI is InChI=1S/C14H12F4N2O/c15-12-5-3-10(4-6-12)13(21)2-1-7-20-9-11(8-19-20)14(16,17)18/h3-6,8-9H,1-2,7H2. The van der Waals surface area contributed by atoms with E-state index in [1.807, 2.05) is 0 Å². The second-order valence-electron chi connectivity index (χ2n) is 4.52. The molecule has 0 spiro atoms. The summed E-state index contributed by atoms with van der Waals surface area (Å²) in [6, 6.07) is 5.15. The van der Waals surface area contributed by atoms with Gasteiger partial charge in [0.2, 0.25) is 0 Å². The van der Waals surface area contributed by atoms with Gasteiger partial charge in [-0.1, -0.05) is 0 Å². The first kappa shape index (κ1) is 15.2. The van der Waals surface area contributed by atoms with Crippen LogP contribution in [0.4, 0.5) is 17.6 Å². The molecule has 0 aliphatic heterocycles. The Hall–Kier alpha value is -2.18. The van der Waals surface area contributed by atoms with Crippen LogP contribution in [0.2, 0.25) is 0 Å². The number of aromatic nitrogens is 2. The average molecular weight is 300 g/mol. The number of rotatable bonds is 5. The molecule has 21 heavy (non-hydrogen) atoms. The van der Waals surface area contributed by atoms with E-state index >= 15 is 0 Å². The molecule has 7 heteroatoms. The predicted octanol–water partition coefficient (Wildman–Crippen LogP) is 3.70. The van der Waals surface area contributed by atoms with Crippen LogP contribution in [0.5, 0.6) is 0 Å². The van der Waals surface area contributed by atoms with Gasteiger partial charge in [-0.2, -0.15) is 18.3 Å². The van der Waals surface area contributed by atoms with Gasteiger partial charge in [0.05, 0.1) is 11.8 Å². The molecule has 3 nitrogen and oxygen atoms in total. The molecule has 2 aromatic rings.